The molecule has 0 aromatic heterocycles. The minimum atomic E-state index is -4.93. The third-order valence-corrected chi connectivity index (χ3v) is 1.95. The number of halogens is 4. The second kappa shape index (κ2) is 5.18. The average molecular weight is 266 g/mol. The molecule has 0 atom stereocenters. The normalized spacial score (nSPS) is 11.1. The number of alkyl halides is 3. The predicted octanol–water partition coefficient (Wildman–Crippen LogP) is 2.50. The number of anilines is 1. The Morgan fingerprint density at radius 3 is 2.12 bits per heavy atom. The van der Waals surface area contributed by atoms with Gasteiger partial charge < -0.3 is 5.32 Å². The first-order valence-corrected chi connectivity index (χ1v) is 4.82. The van der Waals surface area contributed by atoms with E-state index in [0.29, 0.717) is 5.56 Å². The van der Waals surface area contributed by atoms with E-state index in [1.807, 2.05) is 0 Å². The molecule has 1 N–H and O–H groups in total. The molecule has 0 bridgehead atoms. The highest BCUT2D eigenvalue weighted by Gasteiger charge is 2.38. The van der Waals surface area contributed by atoms with E-state index in [-0.39, 0.29) is 12.1 Å². The smallest absolute Gasteiger partial charge is 0.318 e. The van der Waals surface area contributed by atoms with Crippen molar-refractivity contribution in [3.8, 4) is 0 Å². The standard InChI is InChI=1S/C10H7ClF3NO2/c11-8(16)5-6-1-3-7(4-2-6)15-9(17)10(12,13)14/h1-4H,5H2,(H,15,17). The lowest BCUT2D eigenvalue weighted by molar-refractivity contribution is -0.167. The van der Waals surface area contributed by atoms with Gasteiger partial charge in [0.2, 0.25) is 5.24 Å². The molecule has 7 heteroatoms. The molecule has 0 heterocycles. The lowest BCUT2D eigenvalue weighted by atomic mass is 10.1. The zero-order chi connectivity index (χ0) is 13.1. The predicted molar refractivity (Wildman–Crippen MR) is 55.7 cm³/mol. The van der Waals surface area contributed by atoms with Gasteiger partial charge in [0.25, 0.3) is 0 Å². The molecule has 1 aromatic carbocycles. The number of hydrogen-bond acceptors (Lipinski definition) is 2. The van der Waals surface area contributed by atoms with E-state index >= 15 is 0 Å². The van der Waals surface area contributed by atoms with Crippen molar-refractivity contribution in [3.05, 3.63) is 29.8 Å². The fourth-order valence-corrected chi connectivity index (χ4v) is 1.22. The van der Waals surface area contributed by atoms with Crippen LogP contribution >= 0.6 is 11.6 Å². The van der Waals surface area contributed by atoms with Crippen LogP contribution in [0.1, 0.15) is 5.56 Å². The SMILES string of the molecule is O=C(Cl)Cc1ccc(NC(=O)C(F)(F)F)cc1. The van der Waals surface area contributed by atoms with E-state index in [2.05, 4.69) is 0 Å². The molecule has 1 aromatic rings. The maximum atomic E-state index is 11.9. The van der Waals surface area contributed by atoms with Gasteiger partial charge in [-0.1, -0.05) is 12.1 Å². The Labute approximate surface area is 99.6 Å². The van der Waals surface area contributed by atoms with Gasteiger partial charge in [-0.25, -0.2) is 0 Å². The van der Waals surface area contributed by atoms with E-state index in [1.54, 1.807) is 5.32 Å². The first kappa shape index (κ1) is 13.5. The first-order chi connectivity index (χ1) is 7.79. The fraction of sp³-hybridized carbons (Fsp3) is 0.200. The Morgan fingerprint density at radius 2 is 1.71 bits per heavy atom. The first-order valence-electron chi connectivity index (χ1n) is 4.44. The molecule has 0 spiro atoms. The summed E-state index contributed by atoms with van der Waals surface area (Å²) in [5, 5.41) is 1.11. The molecule has 0 aliphatic rings. The van der Waals surface area contributed by atoms with Crippen molar-refractivity contribution in [2.45, 2.75) is 12.6 Å². The van der Waals surface area contributed by atoms with Crippen LogP contribution in [0.2, 0.25) is 0 Å². The van der Waals surface area contributed by atoms with Crippen LogP contribution in [0.25, 0.3) is 0 Å². The van der Waals surface area contributed by atoms with Crippen molar-refractivity contribution in [3.63, 3.8) is 0 Å². The molecule has 1 rings (SSSR count). The number of benzene rings is 1. The number of amides is 1. The minimum absolute atomic E-state index is 0.00176. The van der Waals surface area contributed by atoms with Gasteiger partial charge in [-0.15, -0.1) is 0 Å². The highest BCUT2D eigenvalue weighted by molar-refractivity contribution is 6.63. The average Bonchev–Trinajstić information content (AvgIpc) is 2.18. The molecule has 1 amide bonds. The summed E-state index contributed by atoms with van der Waals surface area (Å²) < 4.78 is 35.7. The highest BCUT2D eigenvalue weighted by Crippen LogP contribution is 2.18. The molecule has 0 aliphatic carbocycles. The maximum absolute atomic E-state index is 11.9. The van der Waals surface area contributed by atoms with Crippen molar-refractivity contribution in [1.29, 1.82) is 0 Å². The van der Waals surface area contributed by atoms with Crippen molar-refractivity contribution < 1.29 is 22.8 Å². The number of rotatable bonds is 3. The molecule has 92 valence electrons. The van der Waals surface area contributed by atoms with Crippen LogP contribution in [0.3, 0.4) is 0 Å². The fourth-order valence-electron chi connectivity index (χ4n) is 1.07. The lowest BCUT2D eigenvalue weighted by Crippen LogP contribution is -2.29. The number of hydrogen-bond donors (Lipinski definition) is 1. The number of nitrogens with one attached hydrogen (secondary N) is 1. The highest BCUT2D eigenvalue weighted by atomic mass is 35.5. The minimum Gasteiger partial charge on any atom is -0.318 e. The second-order valence-electron chi connectivity index (χ2n) is 3.18. The van der Waals surface area contributed by atoms with Gasteiger partial charge in [-0.2, -0.15) is 13.2 Å². The van der Waals surface area contributed by atoms with Crippen LogP contribution < -0.4 is 5.32 Å². The summed E-state index contributed by atoms with van der Waals surface area (Å²) in [6, 6.07) is 5.34. The Hall–Kier alpha value is -1.56. The topological polar surface area (TPSA) is 46.2 Å². The van der Waals surface area contributed by atoms with Gasteiger partial charge in [0.15, 0.2) is 0 Å². The van der Waals surface area contributed by atoms with Crippen LogP contribution in [0.4, 0.5) is 18.9 Å². The molecule has 0 aliphatic heterocycles. The van der Waals surface area contributed by atoms with E-state index in [1.165, 1.54) is 24.3 Å². The monoisotopic (exact) mass is 265 g/mol. The van der Waals surface area contributed by atoms with Gasteiger partial charge in [0.05, 0.1) is 0 Å². The van der Waals surface area contributed by atoms with Crippen LogP contribution in [0.15, 0.2) is 24.3 Å². The Kier molecular flexibility index (Phi) is 4.11. The van der Waals surface area contributed by atoms with Crippen molar-refractivity contribution in [1.82, 2.24) is 0 Å². The molecule has 0 radical (unpaired) electrons. The van der Waals surface area contributed by atoms with E-state index in [9.17, 15) is 22.8 Å². The molecule has 0 fully saturated rings. The van der Waals surface area contributed by atoms with Gasteiger partial charge in [0.1, 0.15) is 0 Å². The Bertz CT molecular complexity index is 428. The van der Waals surface area contributed by atoms with Gasteiger partial charge in [0, 0.05) is 12.1 Å². The van der Waals surface area contributed by atoms with Crippen LogP contribution in [-0.4, -0.2) is 17.3 Å². The zero-order valence-electron chi connectivity index (χ0n) is 8.34. The maximum Gasteiger partial charge on any atom is 0.471 e. The molecule has 0 saturated heterocycles. The summed E-state index contributed by atoms with van der Waals surface area (Å²) in [7, 11) is 0. The summed E-state index contributed by atoms with van der Waals surface area (Å²) >= 11 is 5.14. The largest absolute Gasteiger partial charge is 0.471 e. The molecular weight excluding hydrogens is 259 g/mol. The van der Waals surface area contributed by atoms with Gasteiger partial charge in [-0.3, -0.25) is 9.59 Å². The molecule has 3 nitrogen and oxygen atoms in total. The second-order valence-corrected chi connectivity index (χ2v) is 3.60. The van der Waals surface area contributed by atoms with Crippen molar-refractivity contribution >= 4 is 28.4 Å². The van der Waals surface area contributed by atoms with E-state index in [4.69, 9.17) is 11.6 Å². The summed E-state index contributed by atoms with van der Waals surface area (Å²) in [4.78, 5) is 21.1. The van der Waals surface area contributed by atoms with E-state index < -0.39 is 17.3 Å². The third kappa shape index (κ3) is 4.44. The Balaban J connectivity index is 2.69. The summed E-state index contributed by atoms with van der Waals surface area (Å²) in [6.07, 6.45) is -4.94. The molecule has 0 unspecified atom stereocenters. The van der Waals surface area contributed by atoms with Crippen LogP contribution in [-0.2, 0) is 16.0 Å². The zero-order valence-corrected chi connectivity index (χ0v) is 9.10. The van der Waals surface area contributed by atoms with Crippen LogP contribution in [0.5, 0.6) is 0 Å². The molecule has 17 heavy (non-hydrogen) atoms. The quantitative estimate of drug-likeness (QED) is 0.854. The van der Waals surface area contributed by atoms with Crippen molar-refractivity contribution in [2.75, 3.05) is 5.32 Å². The third-order valence-electron chi connectivity index (χ3n) is 1.81. The lowest BCUT2D eigenvalue weighted by Gasteiger charge is -2.08. The van der Waals surface area contributed by atoms with E-state index in [0.717, 1.165) is 0 Å². The summed E-state index contributed by atoms with van der Waals surface area (Å²) in [5.41, 5.74) is 0.549. The Morgan fingerprint density at radius 1 is 1.18 bits per heavy atom. The van der Waals surface area contributed by atoms with Crippen molar-refractivity contribution in [2.24, 2.45) is 0 Å². The van der Waals surface area contributed by atoms with Gasteiger partial charge >= 0.3 is 12.1 Å². The van der Waals surface area contributed by atoms with Crippen LogP contribution in [0, 0.1) is 0 Å². The van der Waals surface area contributed by atoms with Gasteiger partial charge in [-0.05, 0) is 29.3 Å². The summed E-state index contributed by atoms with van der Waals surface area (Å²) in [6.45, 7) is 0. The molecular formula is C10H7ClF3NO2. The summed E-state index contributed by atoms with van der Waals surface area (Å²) in [5.74, 6) is -2.04. The number of carbonyl (C=O) groups is 2. The number of carbonyl (C=O) groups excluding carboxylic acids is 2. The molecule has 0 saturated carbocycles.